The molecule has 0 aliphatic carbocycles. The summed E-state index contributed by atoms with van der Waals surface area (Å²) in [4.78, 5) is 26.7. The summed E-state index contributed by atoms with van der Waals surface area (Å²) in [5.74, 6) is -0.183. The van der Waals surface area contributed by atoms with E-state index in [1.165, 1.54) is 0 Å². The van der Waals surface area contributed by atoms with Crippen molar-refractivity contribution in [2.75, 3.05) is 23.3 Å². The maximum Gasteiger partial charge on any atom is 0.326 e. The molecule has 3 aromatic carbocycles. The molecule has 142 valence electrons. The molecule has 0 atom stereocenters. The minimum Gasteiger partial charge on any atom is -0.350 e. The molecule has 0 saturated heterocycles. The van der Waals surface area contributed by atoms with E-state index < -0.39 is 0 Å². The van der Waals surface area contributed by atoms with Gasteiger partial charge in [0.1, 0.15) is 0 Å². The van der Waals surface area contributed by atoms with Crippen molar-refractivity contribution >= 4 is 39.2 Å². The summed E-state index contributed by atoms with van der Waals surface area (Å²) in [6.07, 6.45) is 0. The Hall–Kier alpha value is -3.12. The lowest BCUT2D eigenvalue weighted by Gasteiger charge is -2.23. The third-order valence-corrected chi connectivity index (χ3v) is 4.54. The Morgan fingerprint density at radius 3 is 2.21 bits per heavy atom. The van der Waals surface area contributed by atoms with Crippen LogP contribution in [0.2, 0.25) is 0 Å². The quantitative estimate of drug-likeness (QED) is 0.574. The second-order valence-electron chi connectivity index (χ2n) is 6.05. The molecule has 0 saturated carbocycles. The average molecular weight is 438 g/mol. The fraction of sp³-hybridized carbons (Fsp3) is 0.0909. The van der Waals surface area contributed by atoms with Crippen molar-refractivity contribution in [3.05, 3.63) is 95.0 Å². The first-order chi connectivity index (χ1) is 13.6. The van der Waals surface area contributed by atoms with E-state index in [2.05, 4.69) is 26.6 Å². The Labute approximate surface area is 172 Å². The van der Waals surface area contributed by atoms with E-state index in [9.17, 15) is 9.59 Å². The molecule has 3 amide bonds. The molecule has 0 aliphatic heterocycles. The number of amides is 3. The van der Waals surface area contributed by atoms with Crippen molar-refractivity contribution in [1.29, 1.82) is 0 Å². The Balaban J connectivity index is 1.66. The Morgan fingerprint density at radius 2 is 1.54 bits per heavy atom. The summed E-state index contributed by atoms with van der Waals surface area (Å²) in [5, 5.41) is 5.75. The lowest BCUT2D eigenvalue weighted by Crippen LogP contribution is -2.41. The van der Waals surface area contributed by atoms with Crippen LogP contribution in [0.4, 0.5) is 16.2 Å². The lowest BCUT2D eigenvalue weighted by molar-refractivity contribution is 0.0954. The number of para-hydroxylation sites is 2. The van der Waals surface area contributed by atoms with Crippen LogP contribution in [0.25, 0.3) is 0 Å². The SMILES string of the molecule is O=C(NCCN(C(=O)Nc1ccccc1)c1ccccc1)c1cccc(Br)c1. The predicted molar refractivity (Wildman–Crippen MR) is 116 cm³/mol. The van der Waals surface area contributed by atoms with Gasteiger partial charge in [0.2, 0.25) is 0 Å². The highest BCUT2D eigenvalue weighted by Gasteiger charge is 2.16. The van der Waals surface area contributed by atoms with Gasteiger partial charge >= 0.3 is 6.03 Å². The molecule has 0 heterocycles. The van der Waals surface area contributed by atoms with Crippen LogP contribution in [0.5, 0.6) is 0 Å². The van der Waals surface area contributed by atoms with Gasteiger partial charge in [0.15, 0.2) is 0 Å². The summed E-state index contributed by atoms with van der Waals surface area (Å²) in [7, 11) is 0. The molecule has 2 N–H and O–H groups in total. The first-order valence-electron chi connectivity index (χ1n) is 8.86. The van der Waals surface area contributed by atoms with E-state index in [-0.39, 0.29) is 11.9 Å². The number of hydrogen-bond donors (Lipinski definition) is 2. The topological polar surface area (TPSA) is 61.4 Å². The average Bonchev–Trinajstić information content (AvgIpc) is 2.72. The van der Waals surface area contributed by atoms with Crippen molar-refractivity contribution < 1.29 is 9.59 Å². The van der Waals surface area contributed by atoms with Gasteiger partial charge in [0, 0.05) is 34.5 Å². The molecule has 0 aliphatic rings. The molecule has 0 aromatic heterocycles. The Kier molecular flexibility index (Phi) is 6.81. The zero-order valence-corrected chi connectivity index (χ0v) is 16.7. The van der Waals surface area contributed by atoms with Gasteiger partial charge < -0.3 is 10.6 Å². The van der Waals surface area contributed by atoms with E-state index in [0.717, 1.165) is 10.2 Å². The first kappa shape index (κ1) is 19.6. The Morgan fingerprint density at radius 1 is 0.857 bits per heavy atom. The number of nitrogens with one attached hydrogen (secondary N) is 2. The zero-order chi connectivity index (χ0) is 19.8. The minimum atomic E-state index is -0.255. The maximum absolute atomic E-state index is 12.8. The molecule has 6 heteroatoms. The number of halogens is 1. The number of carbonyl (C=O) groups is 2. The summed E-state index contributed by atoms with van der Waals surface area (Å²) in [6, 6.07) is 25.6. The van der Waals surface area contributed by atoms with E-state index in [1.807, 2.05) is 72.8 Å². The van der Waals surface area contributed by atoms with Gasteiger partial charge in [-0.2, -0.15) is 0 Å². The Bertz CT molecular complexity index is 933. The van der Waals surface area contributed by atoms with Gasteiger partial charge in [0.25, 0.3) is 5.91 Å². The third kappa shape index (κ3) is 5.44. The number of benzene rings is 3. The molecule has 3 rings (SSSR count). The zero-order valence-electron chi connectivity index (χ0n) is 15.1. The van der Waals surface area contributed by atoms with Crippen LogP contribution in [0.15, 0.2) is 89.4 Å². The molecule has 0 radical (unpaired) electrons. The number of anilines is 2. The highest BCUT2D eigenvalue weighted by atomic mass is 79.9. The summed E-state index contributed by atoms with van der Waals surface area (Å²) in [6.45, 7) is 0.658. The molecular weight excluding hydrogens is 418 g/mol. The monoisotopic (exact) mass is 437 g/mol. The minimum absolute atomic E-state index is 0.183. The number of hydrogen-bond acceptors (Lipinski definition) is 2. The van der Waals surface area contributed by atoms with E-state index >= 15 is 0 Å². The number of carbonyl (C=O) groups excluding carboxylic acids is 2. The van der Waals surface area contributed by atoms with Crippen molar-refractivity contribution in [2.45, 2.75) is 0 Å². The molecule has 5 nitrogen and oxygen atoms in total. The third-order valence-electron chi connectivity index (χ3n) is 4.05. The molecular formula is C22H20BrN3O2. The smallest absolute Gasteiger partial charge is 0.326 e. The highest BCUT2D eigenvalue weighted by Crippen LogP contribution is 2.16. The molecule has 0 bridgehead atoms. The van der Waals surface area contributed by atoms with E-state index in [4.69, 9.17) is 0 Å². The lowest BCUT2D eigenvalue weighted by atomic mass is 10.2. The van der Waals surface area contributed by atoms with Gasteiger partial charge in [-0.1, -0.05) is 58.4 Å². The predicted octanol–water partition coefficient (Wildman–Crippen LogP) is 4.92. The van der Waals surface area contributed by atoms with Crippen molar-refractivity contribution in [2.24, 2.45) is 0 Å². The molecule has 0 spiro atoms. The standard InChI is InChI=1S/C22H20BrN3O2/c23-18-9-7-8-17(16-18)21(27)24-14-15-26(20-12-5-2-6-13-20)22(28)25-19-10-3-1-4-11-19/h1-13,16H,14-15H2,(H,24,27)(H,25,28). The summed E-state index contributed by atoms with van der Waals surface area (Å²) in [5.41, 5.74) is 2.04. The van der Waals surface area contributed by atoms with Gasteiger partial charge in [-0.05, 0) is 42.5 Å². The van der Waals surface area contributed by atoms with Crippen LogP contribution < -0.4 is 15.5 Å². The molecule has 3 aromatic rings. The van der Waals surface area contributed by atoms with E-state index in [0.29, 0.717) is 24.3 Å². The van der Waals surface area contributed by atoms with Crippen molar-refractivity contribution in [3.8, 4) is 0 Å². The van der Waals surface area contributed by atoms with Crippen LogP contribution in [0.1, 0.15) is 10.4 Å². The van der Waals surface area contributed by atoms with Gasteiger partial charge in [-0.3, -0.25) is 9.69 Å². The fourth-order valence-corrected chi connectivity index (χ4v) is 3.08. The second-order valence-corrected chi connectivity index (χ2v) is 6.97. The second kappa shape index (κ2) is 9.71. The van der Waals surface area contributed by atoms with Crippen molar-refractivity contribution in [1.82, 2.24) is 5.32 Å². The van der Waals surface area contributed by atoms with Crippen LogP contribution >= 0.6 is 15.9 Å². The van der Waals surface area contributed by atoms with Crippen molar-refractivity contribution in [3.63, 3.8) is 0 Å². The number of urea groups is 1. The first-order valence-corrected chi connectivity index (χ1v) is 9.65. The van der Waals surface area contributed by atoms with Gasteiger partial charge in [-0.25, -0.2) is 4.79 Å². The van der Waals surface area contributed by atoms with Crippen LogP contribution in [-0.2, 0) is 0 Å². The van der Waals surface area contributed by atoms with E-state index in [1.54, 1.807) is 17.0 Å². The number of rotatable bonds is 6. The van der Waals surface area contributed by atoms with Crippen LogP contribution in [0.3, 0.4) is 0 Å². The van der Waals surface area contributed by atoms with Gasteiger partial charge in [0.05, 0.1) is 0 Å². The van der Waals surface area contributed by atoms with Crippen LogP contribution in [-0.4, -0.2) is 25.0 Å². The fourth-order valence-electron chi connectivity index (χ4n) is 2.68. The largest absolute Gasteiger partial charge is 0.350 e. The number of nitrogens with zero attached hydrogens (tertiary/aromatic N) is 1. The summed E-state index contributed by atoms with van der Waals surface area (Å²) >= 11 is 3.36. The van der Waals surface area contributed by atoms with Crippen LogP contribution in [0, 0.1) is 0 Å². The summed E-state index contributed by atoms with van der Waals surface area (Å²) < 4.78 is 0.841. The molecule has 28 heavy (non-hydrogen) atoms. The molecule has 0 unspecified atom stereocenters. The normalized spacial score (nSPS) is 10.2. The molecule has 0 fully saturated rings. The highest BCUT2D eigenvalue weighted by molar-refractivity contribution is 9.10. The van der Waals surface area contributed by atoms with Gasteiger partial charge in [-0.15, -0.1) is 0 Å². The maximum atomic E-state index is 12.8.